The van der Waals surface area contributed by atoms with Gasteiger partial charge in [-0.1, -0.05) is 17.7 Å². The first-order valence-electron chi connectivity index (χ1n) is 10.9. The third kappa shape index (κ3) is 4.24. The molecule has 2 heterocycles. The van der Waals surface area contributed by atoms with E-state index in [9.17, 15) is 8.42 Å². The summed E-state index contributed by atoms with van der Waals surface area (Å²) in [7, 11) is -1.98. The highest BCUT2D eigenvalue weighted by Crippen LogP contribution is 2.40. The van der Waals surface area contributed by atoms with E-state index in [0.717, 1.165) is 22.6 Å². The molecule has 7 nitrogen and oxygen atoms in total. The van der Waals surface area contributed by atoms with Gasteiger partial charge in [-0.2, -0.15) is 4.31 Å². The summed E-state index contributed by atoms with van der Waals surface area (Å²) >= 11 is 5.93. The molecule has 0 bridgehead atoms. The molecular weight excluding hydrogens is 474 g/mol. The van der Waals surface area contributed by atoms with Crippen molar-refractivity contribution in [2.24, 2.45) is 4.99 Å². The largest absolute Gasteiger partial charge is 0.497 e. The second-order valence-corrected chi connectivity index (χ2v) is 10.6. The van der Waals surface area contributed by atoms with Gasteiger partial charge in [0.25, 0.3) is 0 Å². The average Bonchev–Trinajstić information content (AvgIpc) is 3.00. The lowest BCUT2D eigenvalue weighted by molar-refractivity contribution is 0.266. The Kier molecular flexibility index (Phi) is 5.97. The number of rotatable bonds is 3. The Labute approximate surface area is 204 Å². The Morgan fingerprint density at radius 2 is 1.68 bits per heavy atom. The van der Waals surface area contributed by atoms with Crippen LogP contribution in [0.5, 0.6) is 17.2 Å². The fourth-order valence-corrected chi connectivity index (χ4v) is 5.67. The number of nitrogens with zero attached hydrogens (tertiary/aromatic N) is 3. The highest BCUT2D eigenvalue weighted by molar-refractivity contribution is 7.89. The van der Waals surface area contributed by atoms with Crippen molar-refractivity contribution >= 4 is 33.1 Å². The lowest BCUT2D eigenvalue weighted by Crippen LogP contribution is -2.50. The Hall–Kier alpha value is -3.07. The Morgan fingerprint density at radius 3 is 2.38 bits per heavy atom. The molecule has 1 saturated heterocycles. The third-order valence-electron chi connectivity index (χ3n) is 5.98. The minimum atomic E-state index is -3.60. The first-order chi connectivity index (χ1) is 16.3. The van der Waals surface area contributed by atoms with Gasteiger partial charge in [0.2, 0.25) is 10.0 Å². The molecule has 1 fully saturated rings. The van der Waals surface area contributed by atoms with Crippen molar-refractivity contribution in [3.05, 3.63) is 76.8 Å². The first-order valence-corrected chi connectivity index (χ1v) is 12.7. The molecule has 0 amide bonds. The van der Waals surface area contributed by atoms with E-state index in [0.29, 0.717) is 48.5 Å². The number of aryl methyl sites for hydroxylation is 1. The Bertz CT molecular complexity index is 1370. The number of sulfonamides is 1. The number of halogens is 1. The maximum absolute atomic E-state index is 13.1. The predicted octanol–water partition coefficient (Wildman–Crippen LogP) is 4.85. The smallest absolute Gasteiger partial charge is 0.243 e. The van der Waals surface area contributed by atoms with Crippen LogP contribution in [0.1, 0.15) is 11.1 Å². The van der Waals surface area contributed by atoms with Gasteiger partial charge < -0.3 is 14.4 Å². The van der Waals surface area contributed by atoms with Crippen LogP contribution in [0.25, 0.3) is 0 Å². The highest BCUT2D eigenvalue weighted by atomic mass is 35.5. The molecule has 2 aliphatic rings. The van der Waals surface area contributed by atoms with Crippen LogP contribution in [0.15, 0.2) is 70.6 Å². The van der Waals surface area contributed by atoms with Gasteiger partial charge in [-0.05, 0) is 67.1 Å². The number of hydrogen-bond donors (Lipinski definition) is 0. The molecule has 3 aromatic rings. The summed E-state index contributed by atoms with van der Waals surface area (Å²) in [5.74, 6) is 2.80. The Balaban J connectivity index is 1.46. The molecule has 0 unspecified atom stereocenters. The first kappa shape index (κ1) is 22.7. The summed E-state index contributed by atoms with van der Waals surface area (Å²) in [6, 6.07) is 17.8. The molecule has 2 aliphatic heterocycles. The maximum Gasteiger partial charge on any atom is 0.243 e. The number of benzene rings is 3. The molecule has 34 heavy (non-hydrogen) atoms. The zero-order valence-corrected chi connectivity index (χ0v) is 20.4. The zero-order valence-electron chi connectivity index (χ0n) is 18.9. The number of fused-ring (bicyclic) bond motifs is 2. The maximum atomic E-state index is 13.1. The van der Waals surface area contributed by atoms with Crippen LogP contribution in [0, 0.1) is 6.92 Å². The predicted molar refractivity (Wildman–Crippen MR) is 132 cm³/mol. The van der Waals surface area contributed by atoms with Gasteiger partial charge >= 0.3 is 0 Å². The summed E-state index contributed by atoms with van der Waals surface area (Å²) in [6.07, 6.45) is 0. The molecule has 0 spiro atoms. The van der Waals surface area contributed by atoms with Crippen molar-refractivity contribution in [3.63, 3.8) is 0 Å². The number of aliphatic imine (C=N–C) groups is 1. The van der Waals surface area contributed by atoms with Crippen molar-refractivity contribution in [1.29, 1.82) is 0 Å². The van der Waals surface area contributed by atoms with Crippen molar-refractivity contribution in [1.82, 2.24) is 9.21 Å². The van der Waals surface area contributed by atoms with Crippen LogP contribution in [0.3, 0.4) is 0 Å². The minimum absolute atomic E-state index is 0.241. The van der Waals surface area contributed by atoms with Crippen molar-refractivity contribution in [2.45, 2.75) is 11.8 Å². The summed E-state index contributed by atoms with van der Waals surface area (Å²) in [4.78, 5) is 7.30. The standard InChI is InChI=1S/C25H24ClN3O4S/c1-17-3-9-22-24(15-17)33-23-10-6-19(32-2)16-21(23)25(27-22)28-11-13-29(14-12-28)34(30,31)20-7-4-18(26)5-8-20/h3-10,15-16H,11-14H2,1-2H3. The number of methoxy groups -OCH3 is 1. The Morgan fingerprint density at radius 1 is 0.941 bits per heavy atom. The molecule has 5 rings (SSSR count). The molecular formula is C25H24ClN3O4S. The highest BCUT2D eigenvalue weighted by Gasteiger charge is 2.31. The monoisotopic (exact) mass is 497 g/mol. The van der Waals surface area contributed by atoms with Crippen LogP contribution >= 0.6 is 11.6 Å². The number of piperazine rings is 1. The summed E-state index contributed by atoms with van der Waals surface area (Å²) in [6.45, 7) is 3.66. The quantitative estimate of drug-likeness (QED) is 0.517. The van der Waals surface area contributed by atoms with Crippen LogP contribution in [-0.4, -0.2) is 56.7 Å². The molecule has 9 heteroatoms. The molecule has 176 valence electrons. The lowest BCUT2D eigenvalue weighted by Gasteiger charge is -2.36. The van der Waals surface area contributed by atoms with Gasteiger partial charge in [0.1, 0.15) is 23.0 Å². The van der Waals surface area contributed by atoms with E-state index in [-0.39, 0.29) is 4.90 Å². The number of amidine groups is 1. The fourth-order valence-electron chi connectivity index (χ4n) is 4.13. The average molecular weight is 498 g/mol. The van der Waals surface area contributed by atoms with E-state index in [4.69, 9.17) is 26.1 Å². The molecule has 0 radical (unpaired) electrons. The lowest BCUT2D eigenvalue weighted by atomic mass is 10.1. The fraction of sp³-hybridized carbons (Fsp3) is 0.240. The molecule has 0 saturated carbocycles. The molecule has 3 aromatic carbocycles. The van der Waals surface area contributed by atoms with E-state index in [2.05, 4.69) is 4.90 Å². The van der Waals surface area contributed by atoms with E-state index < -0.39 is 10.0 Å². The van der Waals surface area contributed by atoms with Crippen molar-refractivity contribution in [3.8, 4) is 17.2 Å². The van der Waals surface area contributed by atoms with E-state index in [1.807, 2.05) is 43.3 Å². The summed E-state index contributed by atoms with van der Waals surface area (Å²) < 4.78 is 39.4. The third-order valence-corrected chi connectivity index (χ3v) is 8.14. The van der Waals surface area contributed by atoms with Crippen LogP contribution < -0.4 is 9.47 Å². The molecule has 0 atom stereocenters. The summed E-state index contributed by atoms with van der Waals surface area (Å²) in [5.41, 5.74) is 2.61. The normalized spacial score (nSPS) is 16.1. The molecule has 0 aromatic heterocycles. The molecule has 0 N–H and O–H groups in total. The SMILES string of the molecule is COc1ccc2c(c1)C(N1CCN(S(=O)(=O)c3ccc(Cl)cc3)CC1)=Nc1ccc(C)cc1O2. The van der Waals surface area contributed by atoms with Gasteiger partial charge in [0.15, 0.2) is 5.75 Å². The van der Waals surface area contributed by atoms with Gasteiger partial charge in [-0.25, -0.2) is 13.4 Å². The van der Waals surface area contributed by atoms with Crippen LogP contribution in [-0.2, 0) is 10.0 Å². The van der Waals surface area contributed by atoms with E-state index in [1.54, 1.807) is 19.2 Å². The number of ether oxygens (including phenoxy) is 2. The summed E-state index contributed by atoms with van der Waals surface area (Å²) in [5, 5.41) is 0.502. The van der Waals surface area contributed by atoms with E-state index in [1.165, 1.54) is 16.4 Å². The zero-order chi connectivity index (χ0) is 23.9. The van der Waals surface area contributed by atoms with Gasteiger partial charge in [0, 0.05) is 31.2 Å². The van der Waals surface area contributed by atoms with Gasteiger partial charge in [-0.15, -0.1) is 0 Å². The van der Waals surface area contributed by atoms with Crippen molar-refractivity contribution in [2.75, 3.05) is 33.3 Å². The second-order valence-electron chi connectivity index (χ2n) is 8.22. The topological polar surface area (TPSA) is 71.4 Å². The van der Waals surface area contributed by atoms with Gasteiger partial charge in [-0.3, -0.25) is 0 Å². The van der Waals surface area contributed by atoms with Gasteiger partial charge in [0.05, 0.1) is 17.6 Å². The molecule has 0 aliphatic carbocycles. The van der Waals surface area contributed by atoms with Crippen LogP contribution in [0.2, 0.25) is 5.02 Å². The van der Waals surface area contributed by atoms with E-state index >= 15 is 0 Å². The minimum Gasteiger partial charge on any atom is -0.497 e. The second kappa shape index (κ2) is 8.94. The van der Waals surface area contributed by atoms with Crippen LogP contribution in [0.4, 0.5) is 5.69 Å². The van der Waals surface area contributed by atoms with Crippen molar-refractivity contribution < 1.29 is 17.9 Å². The number of hydrogen-bond acceptors (Lipinski definition) is 6.